The highest BCUT2D eigenvalue weighted by molar-refractivity contribution is 7.91. The first-order chi connectivity index (χ1) is 14.3. The molecule has 2 aliphatic heterocycles. The van der Waals surface area contributed by atoms with Crippen molar-refractivity contribution in [1.82, 2.24) is 14.8 Å². The lowest BCUT2D eigenvalue weighted by Gasteiger charge is -2.39. The molecule has 0 bridgehead atoms. The summed E-state index contributed by atoms with van der Waals surface area (Å²) in [5, 5.41) is 5.52. The predicted octanol–water partition coefficient (Wildman–Crippen LogP) is 2.25. The summed E-state index contributed by atoms with van der Waals surface area (Å²) in [6.45, 7) is 7.08. The molecule has 1 aromatic heterocycles. The number of aryl methyl sites for hydroxylation is 1. The maximum atomic E-state index is 12.7. The first-order valence-corrected chi connectivity index (χ1v) is 13.0. The quantitative estimate of drug-likeness (QED) is 0.756. The van der Waals surface area contributed by atoms with Crippen molar-refractivity contribution in [2.75, 3.05) is 43.0 Å². The first kappa shape index (κ1) is 21.4. The van der Waals surface area contributed by atoms with E-state index in [2.05, 4.69) is 32.2 Å². The molecular weight excluding hydrogens is 420 g/mol. The van der Waals surface area contributed by atoms with Crippen molar-refractivity contribution < 1.29 is 13.2 Å². The first-order valence-electron chi connectivity index (χ1n) is 10.3. The molecule has 1 N–H and O–H groups in total. The molecule has 30 heavy (non-hydrogen) atoms. The van der Waals surface area contributed by atoms with Gasteiger partial charge < -0.3 is 5.32 Å². The fourth-order valence-electron chi connectivity index (χ4n) is 4.12. The molecule has 0 radical (unpaired) electrons. The number of thiazole rings is 1. The van der Waals surface area contributed by atoms with E-state index >= 15 is 0 Å². The van der Waals surface area contributed by atoms with Crippen LogP contribution in [0.5, 0.6) is 0 Å². The van der Waals surface area contributed by atoms with Gasteiger partial charge in [0, 0.05) is 43.2 Å². The number of rotatable bonds is 5. The van der Waals surface area contributed by atoms with Crippen LogP contribution in [0, 0.1) is 6.92 Å². The van der Waals surface area contributed by atoms with Crippen molar-refractivity contribution in [2.24, 2.45) is 0 Å². The molecule has 7 nitrogen and oxygen atoms in total. The minimum atomic E-state index is -2.87. The number of nitrogens with zero attached hydrogens (tertiary/aromatic N) is 3. The van der Waals surface area contributed by atoms with Crippen LogP contribution in [0.25, 0.3) is 11.3 Å². The summed E-state index contributed by atoms with van der Waals surface area (Å²) >= 11 is 1.43. The van der Waals surface area contributed by atoms with E-state index < -0.39 is 9.84 Å². The third-order valence-corrected chi connectivity index (χ3v) is 8.59. The number of benzene rings is 1. The Hall–Kier alpha value is -1.81. The monoisotopic (exact) mass is 448 g/mol. The summed E-state index contributed by atoms with van der Waals surface area (Å²) in [5.74, 6) is 0.516. The van der Waals surface area contributed by atoms with Crippen LogP contribution in [0.1, 0.15) is 18.9 Å². The fraction of sp³-hybridized carbons (Fsp3) is 0.524. The van der Waals surface area contributed by atoms with Crippen molar-refractivity contribution >= 4 is 32.2 Å². The van der Waals surface area contributed by atoms with Gasteiger partial charge in [-0.2, -0.15) is 0 Å². The van der Waals surface area contributed by atoms with Crippen molar-refractivity contribution in [3.05, 3.63) is 35.2 Å². The predicted molar refractivity (Wildman–Crippen MR) is 121 cm³/mol. The second-order valence-corrected chi connectivity index (χ2v) is 11.3. The van der Waals surface area contributed by atoms with Crippen LogP contribution >= 0.6 is 11.3 Å². The molecular formula is C21H28N4O3S2. The van der Waals surface area contributed by atoms with Crippen molar-refractivity contribution in [3.8, 4) is 11.3 Å². The van der Waals surface area contributed by atoms with E-state index in [1.165, 1.54) is 16.9 Å². The highest BCUT2D eigenvalue weighted by atomic mass is 32.2. The normalized spacial score (nSPS) is 23.3. The molecule has 1 amide bonds. The molecule has 2 unspecified atom stereocenters. The van der Waals surface area contributed by atoms with Crippen LogP contribution in [-0.4, -0.2) is 78.9 Å². The zero-order valence-corrected chi connectivity index (χ0v) is 19.0. The number of nitrogens with one attached hydrogen (secondary N) is 1. The molecule has 2 atom stereocenters. The summed E-state index contributed by atoms with van der Waals surface area (Å²) in [6.07, 6.45) is 0.728. The van der Waals surface area contributed by atoms with Gasteiger partial charge in [-0.15, -0.1) is 11.3 Å². The Bertz CT molecular complexity index is 996. The Morgan fingerprint density at radius 3 is 2.53 bits per heavy atom. The lowest BCUT2D eigenvalue weighted by molar-refractivity contribution is -0.121. The lowest BCUT2D eigenvalue weighted by Crippen LogP contribution is -2.55. The number of carbonyl (C=O) groups is 1. The van der Waals surface area contributed by atoms with E-state index in [0.717, 1.165) is 43.9 Å². The highest BCUT2D eigenvalue weighted by Crippen LogP contribution is 2.25. The second-order valence-electron chi connectivity index (χ2n) is 8.20. The average molecular weight is 449 g/mol. The summed E-state index contributed by atoms with van der Waals surface area (Å²) in [7, 11) is -2.87. The smallest absolute Gasteiger partial charge is 0.243 e. The van der Waals surface area contributed by atoms with Crippen LogP contribution in [0.3, 0.4) is 0 Å². The van der Waals surface area contributed by atoms with Crippen LogP contribution in [0.2, 0.25) is 0 Å². The van der Waals surface area contributed by atoms with Gasteiger partial charge in [-0.1, -0.05) is 29.8 Å². The Kier molecular flexibility index (Phi) is 6.24. The SMILES string of the molecule is Cc1ccc(-c2csc(NC(=O)C(C)N3CCN(C4CCS(=O)(=O)C4)CC3)n2)cc1. The molecule has 9 heteroatoms. The summed E-state index contributed by atoms with van der Waals surface area (Å²) in [6, 6.07) is 8.05. The molecule has 1 aromatic carbocycles. The third-order valence-electron chi connectivity index (χ3n) is 6.08. The van der Waals surface area contributed by atoms with Gasteiger partial charge in [0.05, 0.1) is 23.2 Å². The number of aromatic nitrogens is 1. The van der Waals surface area contributed by atoms with E-state index in [1.54, 1.807) is 0 Å². The van der Waals surface area contributed by atoms with Gasteiger partial charge in [0.2, 0.25) is 5.91 Å². The number of piperazine rings is 1. The highest BCUT2D eigenvalue weighted by Gasteiger charge is 2.35. The van der Waals surface area contributed by atoms with Crippen LogP contribution < -0.4 is 5.32 Å². The zero-order valence-electron chi connectivity index (χ0n) is 17.4. The Labute approximate surface area is 182 Å². The van der Waals surface area contributed by atoms with Gasteiger partial charge in [-0.05, 0) is 20.3 Å². The molecule has 2 aromatic rings. The maximum Gasteiger partial charge on any atom is 0.243 e. The topological polar surface area (TPSA) is 82.6 Å². The van der Waals surface area contributed by atoms with Crippen molar-refractivity contribution in [2.45, 2.75) is 32.4 Å². The van der Waals surface area contributed by atoms with Gasteiger partial charge in [0.15, 0.2) is 15.0 Å². The summed E-state index contributed by atoms with van der Waals surface area (Å²) < 4.78 is 23.5. The van der Waals surface area contributed by atoms with E-state index in [1.807, 2.05) is 31.4 Å². The molecule has 3 heterocycles. The maximum absolute atomic E-state index is 12.7. The van der Waals surface area contributed by atoms with Crippen LogP contribution in [-0.2, 0) is 14.6 Å². The molecule has 2 fully saturated rings. The Morgan fingerprint density at radius 2 is 1.90 bits per heavy atom. The Morgan fingerprint density at radius 1 is 1.20 bits per heavy atom. The number of anilines is 1. The van der Waals surface area contributed by atoms with Crippen molar-refractivity contribution in [1.29, 1.82) is 0 Å². The van der Waals surface area contributed by atoms with E-state index in [0.29, 0.717) is 10.9 Å². The van der Waals surface area contributed by atoms with Gasteiger partial charge in [-0.25, -0.2) is 13.4 Å². The Balaban J connectivity index is 1.30. The zero-order chi connectivity index (χ0) is 21.3. The number of carbonyl (C=O) groups excluding carboxylic acids is 1. The molecule has 0 spiro atoms. The lowest BCUT2D eigenvalue weighted by atomic mass is 10.1. The molecule has 4 rings (SSSR count). The molecule has 2 aliphatic rings. The number of amides is 1. The molecule has 0 saturated carbocycles. The van der Waals surface area contributed by atoms with Crippen molar-refractivity contribution in [3.63, 3.8) is 0 Å². The van der Waals surface area contributed by atoms with Gasteiger partial charge in [0.1, 0.15) is 0 Å². The van der Waals surface area contributed by atoms with Crippen LogP contribution in [0.4, 0.5) is 5.13 Å². The summed E-state index contributed by atoms with van der Waals surface area (Å²) in [5.41, 5.74) is 3.10. The molecule has 2 saturated heterocycles. The van der Waals surface area contributed by atoms with Gasteiger partial charge in [-0.3, -0.25) is 14.6 Å². The standard InChI is InChI=1S/C21H28N4O3S2/c1-15-3-5-17(6-4-15)19-13-29-21(22-19)23-20(26)16(2)24-8-10-25(11-9-24)18-7-12-30(27,28)14-18/h3-6,13,16,18H,7-12,14H2,1-2H3,(H,22,23,26). The van der Waals surface area contributed by atoms with E-state index in [9.17, 15) is 13.2 Å². The third kappa shape index (κ3) is 4.91. The van der Waals surface area contributed by atoms with Gasteiger partial charge >= 0.3 is 0 Å². The fourth-order valence-corrected chi connectivity index (χ4v) is 6.60. The second kappa shape index (κ2) is 8.74. The number of hydrogen-bond donors (Lipinski definition) is 1. The van der Waals surface area contributed by atoms with Gasteiger partial charge in [0.25, 0.3) is 0 Å². The average Bonchev–Trinajstić information content (AvgIpc) is 3.34. The molecule has 0 aliphatic carbocycles. The largest absolute Gasteiger partial charge is 0.301 e. The summed E-state index contributed by atoms with van der Waals surface area (Å²) in [4.78, 5) is 21.7. The number of hydrogen-bond acceptors (Lipinski definition) is 7. The minimum Gasteiger partial charge on any atom is -0.301 e. The van der Waals surface area contributed by atoms with E-state index in [4.69, 9.17) is 0 Å². The number of sulfone groups is 1. The van der Waals surface area contributed by atoms with E-state index in [-0.39, 0.29) is 23.7 Å². The van der Waals surface area contributed by atoms with Crippen LogP contribution in [0.15, 0.2) is 29.6 Å². The molecule has 162 valence electrons. The minimum absolute atomic E-state index is 0.0586.